The molecule has 0 aliphatic heterocycles. The van der Waals surface area contributed by atoms with E-state index >= 15 is 0 Å². The molecule has 0 spiro atoms. The minimum atomic E-state index is 0.0193. The van der Waals surface area contributed by atoms with Gasteiger partial charge >= 0.3 is 0 Å². The Morgan fingerprint density at radius 1 is 1.40 bits per heavy atom. The molecule has 1 heterocycles. The summed E-state index contributed by atoms with van der Waals surface area (Å²) < 4.78 is 7.64. The molecule has 0 radical (unpaired) electrons. The highest BCUT2D eigenvalue weighted by Crippen LogP contribution is 2.35. The van der Waals surface area contributed by atoms with E-state index in [-0.39, 0.29) is 17.9 Å². The number of hydrogen-bond acceptors (Lipinski definition) is 2. The summed E-state index contributed by atoms with van der Waals surface area (Å²) >= 11 is 0. The van der Waals surface area contributed by atoms with Crippen molar-refractivity contribution < 1.29 is 9.53 Å². The molecular formula is C16H20N2O2. The van der Waals surface area contributed by atoms with Gasteiger partial charge in [0, 0.05) is 35.9 Å². The van der Waals surface area contributed by atoms with Crippen LogP contribution in [0.3, 0.4) is 0 Å². The average molecular weight is 272 g/mol. The van der Waals surface area contributed by atoms with Crippen LogP contribution in [0.2, 0.25) is 0 Å². The molecule has 2 aromatic rings. The van der Waals surface area contributed by atoms with Gasteiger partial charge in [-0.15, -0.1) is 0 Å². The first-order chi connectivity index (χ1) is 9.72. The van der Waals surface area contributed by atoms with Gasteiger partial charge in [-0.05, 0) is 44.5 Å². The summed E-state index contributed by atoms with van der Waals surface area (Å²) in [5.74, 6) is 0.0867. The first-order valence-corrected chi connectivity index (χ1v) is 7.24. The summed E-state index contributed by atoms with van der Waals surface area (Å²) in [6.07, 6.45) is 3.03. The Hall–Kier alpha value is -1.81. The van der Waals surface area contributed by atoms with Crippen molar-refractivity contribution in [3.8, 4) is 0 Å². The van der Waals surface area contributed by atoms with Crippen molar-refractivity contribution in [1.82, 2.24) is 4.57 Å². The van der Waals surface area contributed by atoms with Crippen LogP contribution in [-0.2, 0) is 16.1 Å². The van der Waals surface area contributed by atoms with Gasteiger partial charge in [0.25, 0.3) is 0 Å². The number of nitrogens with one attached hydrogen (secondary N) is 1. The molecule has 0 unspecified atom stereocenters. The third kappa shape index (κ3) is 2.43. The number of anilines is 1. The number of rotatable bonds is 5. The van der Waals surface area contributed by atoms with Crippen molar-refractivity contribution in [3.05, 3.63) is 30.5 Å². The third-order valence-electron chi connectivity index (χ3n) is 3.83. The molecule has 1 aliphatic carbocycles. The van der Waals surface area contributed by atoms with Gasteiger partial charge in [0.1, 0.15) is 0 Å². The molecule has 4 nitrogen and oxygen atoms in total. The summed E-state index contributed by atoms with van der Waals surface area (Å²) in [6.45, 7) is 5.70. The minimum Gasteiger partial charge on any atom is -0.378 e. The van der Waals surface area contributed by atoms with Crippen LogP contribution in [-0.4, -0.2) is 23.2 Å². The second kappa shape index (κ2) is 5.29. The maximum atomic E-state index is 12.1. The molecular weight excluding hydrogens is 252 g/mol. The van der Waals surface area contributed by atoms with Gasteiger partial charge in [0.15, 0.2) is 0 Å². The second-order valence-corrected chi connectivity index (χ2v) is 5.20. The van der Waals surface area contributed by atoms with Crippen molar-refractivity contribution in [2.45, 2.75) is 32.9 Å². The molecule has 1 aromatic heterocycles. The van der Waals surface area contributed by atoms with Gasteiger partial charge in [0.05, 0.1) is 12.0 Å². The first-order valence-electron chi connectivity index (χ1n) is 7.24. The first kappa shape index (κ1) is 13.2. The van der Waals surface area contributed by atoms with E-state index in [2.05, 4.69) is 35.1 Å². The summed E-state index contributed by atoms with van der Waals surface area (Å²) in [5, 5.41) is 4.14. The number of benzene rings is 1. The normalized spacial score (nSPS) is 21.1. The van der Waals surface area contributed by atoms with Crippen LogP contribution in [0.4, 0.5) is 5.69 Å². The number of hydrogen-bond donors (Lipinski definition) is 1. The van der Waals surface area contributed by atoms with Gasteiger partial charge in [-0.1, -0.05) is 0 Å². The van der Waals surface area contributed by atoms with E-state index in [1.165, 1.54) is 5.52 Å². The monoisotopic (exact) mass is 272 g/mol. The van der Waals surface area contributed by atoms with Gasteiger partial charge in [-0.2, -0.15) is 0 Å². The third-order valence-corrected chi connectivity index (χ3v) is 3.83. The van der Waals surface area contributed by atoms with E-state index in [0.29, 0.717) is 6.61 Å². The Morgan fingerprint density at radius 2 is 2.25 bits per heavy atom. The SMILES string of the molecule is CCO[C@@H]1C[C@H]1C(=O)Nc1ccc2c(ccn2CC)c1. The molecule has 4 heteroatoms. The lowest BCUT2D eigenvalue weighted by molar-refractivity contribution is -0.118. The van der Waals surface area contributed by atoms with Crippen LogP contribution in [0.15, 0.2) is 30.5 Å². The number of ether oxygens (including phenoxy) is 1. The highest BCUT2D eigenvalue weighted by atomic mass is 16.5. The Balaban J connectivity index is 1.70. The van der Waals surface area contributed by atoms with Gasteiger partial charge < -0.3 is 14.6 Å². The fraction of sp³-hybridized carbons (Fsp3) is 0.438. The highest BCUT2D eigenvalue weighted by Gasteiger charge is 2.43. The minimum absolute atomic E-state index is 0.0193. The predicted octanol–water partition coefficient (Wildman–Crippen LogP) is 3.02. The van der Waals surface area contributed by atoms with E-state index in [1.807, 2.05) is 19.1 Å². The number of carbonyl (C=O) groups is 1. The molecule has 1 fully saturated rings. The summed E-state index contributed by atoms with van der Waals surface area (Å²) in [5.41, 5.74) is 2.06. The Labute approximate surface area is 118 Å². The standard InChI is InChI=1S/C16H20N2O2/c1-3-18-8-7-11-9-12(5-6-14(11)18)17-16(19)13-10-15(13)20-4-2/h5-9,13,15H,3-4,10H2,1-2H3,(H,17,19)/t13-,15-/m1/s1. The number of aryl methyl sites for hydroxylation is 1. The molecule has 1 N–H and O–H groups in total. The van der Waals surface area contributed by atoms with Crippen LogP contribution in [0.25, 0.3) is 10.9 Å². The van der Waals surface area contributed by atoms with Crippen LogP contribution in [0.1, 0.15) is 20.3 Å². The Bertz CT molecular complexity index is 632. The zero-order valence-electron chi connectivity index (χ0n) is 11.9. The lowest BCUT2D eigenvalue weighted by atomic mass is 10.2. The number of carbonyl (C=O) groups excluding carboxylic acids is 1. The Morgan fingerprint density at radius 3 is 3.00 bits per heavy atom. The van der Waals surface area contributed by atoms with Crippen molar-refractivity contribution >= 4 is 22.5 Å². The lowest BCUT2D eigenvalue weighted by Gasteiger charge is -2.06. The van der Waals surface area contributed by atoms with Crippen molar-refractivity contribution in [2.24, 2.45) is 5.92 Å². The Kier molecular flexibility index (Phi) is 3.49. The van der Waals surface area contributed by atoms with E-state index < -0.39 is 0 Å². The zero-order chi connectivity index (χ0) is 14.1. The molecule has 20 heavy (non-hydrogen) atoms. The molecule has 2 atom stereocenters. The maximum absolute atomic E-state index is 12.1. The lowest BCUT2D eigenvalue weighted by Crippen LogP contribution is -2.16. The largest absolute Gasteiger partial charge is 0.378 e. The summed E-state index contributed by atoms with van der Waals surface area (Å²) in [6, 6.07) is 8.12. The van der Waals surface area contributed by atoms with Crippen LogP contribution < -0.4 is 5.32 Å². The zero-order valence-corrected chi connectivity index (χ0v) is 11.9. The van der Waals surface area contributed by atoms with Crippen molar-refractivity contribution in [1.29, 1.82) is 0 Å². The molecule has 0 saturated heterocycles. The van der Waals surface area contributed by atoms with E-state index in [1.54, 1.807) is 0 Å². The van der Waals surface area contributed by atoms with Crippen LogP contribution in [0.5, 0.6) is 0 Å². The van der Waals surface area contributed by atoms with Crippen molar-refractivity contribution in [2.75, 3.05) is 11.9 Å². The summed E-state index contributed by atoms with van der Waals surface area (Å²) in [7, 11) is 0. The second-order valence-electron chi connectivity index (χ2n) is 5.20. The smallest absolute Gasteiger partial charge is 0.230 e. The van der Waals surface area contributed by atoms with E-state index in [0.717, 1.165) is 24.0 Å². The molecule has 1 aliphatic rings. The molecule has 1 saturated carbocycles. The summed E-state index contributed by atoms with van der Waals surface area (Å²) in [4.78, 5) is 12.1. The fourth-order valence-electron chi connectivity index (χ4n) is 2.63. The molecule has 1 amide bonds. The van der Waals surface area contributed by atoms with Gasteiger partial charge in [-0.3, -0.25) is 4.79 Å². The van der Waals surface area contributed by atoms with Crippen LogP contribution in [0, 0.1) is 5.92 Å². The maximum Gasteiger partial charge on any atom is 0.230 e. The number of nitrogens with zero attached hydrogens (tertiary/aromatic N) is 1. The number of amides is 1. The highest BCUT2D eigenvalue weighted by molar-refractivity contribution is 5.96. The number of aromatic nitrogens is 1. The average Bonchev–Trinajstić information content (AvgIpc) is 3.10. The predicted molar refractivity (Wildman–Crippen MR) is 79.8 cm³/mol. The molecule has 106 valence electrons. The van der Waals surface area contributed by atoms with Gasteiger partial charge in [-0.25, -0.2) is 0 Å². The molecule has 3 rings (SSSR count). The van der Waals surface area contributed by atoms with Crippen molar-refractivity contribution in [3.63, 3.8) is 0 Å². The quantitative estimate of drug-likeness (QED) is 0.909. The van der Waals surface area contributed by atoms with E-state index in [4.69, 9.17) is 4.74 Å². The fourth-order valence-corrected chi connectivity index (χ4v) is 2.63. The van der Waals surface area contributed by atoms with E-state index in [9.17, 15) is 4.79 Å². The topological polar surface area (TPSA) is 43.3 Å². The molecule has 1 aromatic carbocycles. The van der Waals surface area contributed by atoms with Crippen LogP contribution >= 0.6 is 0 Å². The number of fused-ring (bicyclic) bond motifs is 1. The van der Waals surface area contributed by atoms with Gasteiger partial charge in [0.2, 0.25) is 5.91 Å². The molecule has 0 bridgehead atoms.